The van der Waals surface area contributed by atoms with Gasteiger partial charge in [0.1, 0.15) is 18.0 Å². The fraction of sp³-hybridized carbons (Fsp3) is 0.455. The predicted octanol–water partition coefficient (Wildman–Crippen LogP) is 0.440. The highest BCUT2D eigenvalue weighted by molar-refractivity contribution is 5.36. The Morgan fingerprint density at radius 1 is 1.28 bits per heavy atom. The summed E-state index contributed by atoms with van der Waals surface area (Å²) in [4.78, 5) is 9.94. The minimum absolute atomic E-state index is 0.0522. The van der Waals surface area contributed by atoms with Crippen molar-refractivity contribution >= 4 is 5.69 Å². The van der Waals surface area contributed by atoms with Crippen LogP contribution >= 0.6 is 0 Å². The fourth-order valence-electron chi connectivity index (χ4n) is 1.69. The molecule has 18 heavy (non-hydrogen) atoms. The zero-order valence-corrected chi connectivity index (χ0v) is 9.59. The molecule has 7 heteroatoms. The molecule has 1 aromatic carbocycles. The Hall–Kier alpha value is -1.70. The first-order valence-electron chi connectivity index (χ1n) is 5.42. The highest BCUT2D eigenvalue weighted by atomic mass is 16.7. The van der Waals surface area contributed by atoms with Gasteiger partial charge >= 0.3 is 0 Å². The largest absolute Gasteiger partial charge is 0.462 e. The van der Waals surface area contributed by atoms with Crippen LogP contribution in [0.3, 0.4) is 0 Å². The number of rotatable bonds is 3. The number of benzene rings is 1. The lowest BCUT2D eigenvalue weighted by atomic mass is 10.2. The number of non-ortho nitro benzene ring substituents is 1. The third-order valence-corrected chi connectivity index (χ3v) is 2.76. The van der Waals surface area contributed by atoms with Gasteiger partial charge in [-0.3, -0.25) is 10.1 Å². The summed E-state index contributed by atoms with van der Waals surface area (Å²) in [5, 5.41) is 29.6. The Kier molecular flexibility index (Phi) is 3.46. The molecule has 0 amide bonds. The molecule has 1 aliphatic rings. The molecule has 4 atom stereocenters. The minimum Gasteiger partial charge on any atom is -0.462 e. The van der Waals surface area contributed by atoms with Gasteiger partial charge in [0.2, 0.25) is 6.29 Å². The molecule has 98 valence electrons. The molecule has 0 aromatic heterocycles. The average molecular weight is 255 g/mol. The lowest BCUT2D eigenvalue weighted by Crippen LogP contribution is -2.34. The average Bonchev–Trinajstić information content (AvgIpc) is 2.58. The minimum atomic E-state index is -1.14. The van der Waals surface area contributed by atoms with Crippen molar-refractivity contribution in [2.75, 3.05) is 0 Å². The van der Waals surface area contributed by atoms with E-state index in [9.17, 15) is 20.3 Å². The summed E-state index contributed by atoms with van der Waals surface area (Å²) >= 11 is 0. The molecule has 2 rings (SSSR count). The zero-order chi connectivity index (χ0) is 13.3. The molecule has 0 bridgehead atoms. The van der Waals surface area contributed by atoms with Gasteiger partial charge < -0.3 is 19.7 Å². The number of nitro benzene ring substituents is 1. The molecule has 0 unspecified atom stereocenters. The van der Waals surface area contributed by atoms with Crippen molar-refractivity contribution < 1.29 is 24.6 Å². The molecule has 7 nitrogen and oxygen atoms in total. The first kappa shape index (κ1) is 12.7. The number of ether oxygens (including phenoxy) is 2. The molecule has 0 spiro atoms. The summed E-state index contributed by atoms with van der Waals surface area (Å²) in [5.74, 6) is 0.325. The first-order chi connectivity index (χ1) is 8.49. The summed E-state index contributed by atoms with van der Waals surface area (Å²) in [7, 11) is 0. The second kappa shape index (κ2) is 4.89. The van der Waals surface area contributed by atoms with Crippen LogP contribution in [0, 0.1) is 10.1 Å². The van der Waals surface area contributed by atoms with E-state index in [1.807, 2.05) is 0 Å². The number of aliphatic hydroxyl groups is 2. The van der Waals surface area contributed by atoms with E-state index in [-0.39, 0.29) is 5.69 Å². The Labute approximate surface area is 103 Å². The number of nitro groups is 1. The van der Waals surface area contributed by atoms with Gasteiger partial charge in [-0.2, -0.15) is 0 Å². The van der Waals surface area contributed by atoms with Gasteiger partial charge in [-0.25, -0.2) is 0 Å². The summed E-state index contributed by atoms with van der Waals surface area (Å²) in [6.45, 7) is 1.62. The maximum absolute atomic E-state index is 10.5. The maximum Gasteiger partial charge on any atom is 0.269 e. The summed E-state index contributed by atoms with van der Waals surface area (Å²) < 4.78 is 10.5. The Morgan fingerprint density at radius 2 is 1.89 bits per heavy atom. The highest BCUT2D eigenvalue weighted by Crippen LogP contribution is 2.25. The molecule has 1 fully saturated rings. The summed E-state index contributed by atoms with van der Waals surface area (Å²) in [5.41, 5.74) is -0.0522. The van der Waals surface area contributed by atoms with E-state index in [2.05, 4.69) is 0 Å². The van der Waals surface area contributed by atoms with Crippen molar-refractivity contribution in [1.82, 2.24) is 0 Å². The SMILES string of the molecule is C[C@@H]1O[C@@H](Oc2ccc([N+](=O)[O-])cc2)[C@H](O)[C@H]1O. The quantitative estimate of drug-likeness (QED) is 0.600. The molecular formula is C11H13NO6. The normalized spacial score (nSPS) is 31.3. The van der Waals surface area contributed by atoms with Crippen LogP contribution in [0.1, 0.15) is 6.92 Å². The Morgan fingerprint density at radius 3 is 2.33 bits per heavy atom. The standard InChI is InChI=1S/C11H13NO6/c1-6-9(13)10(14)11(17-6)18-8-4-2-7(3-5-8)12(15)16/h2-6,9-11,13-14H,1H3/t6-,9-,10+,11-/m0/s1. The van der Waals surface area contributed by atoms with E-state index in [0.717, 1.165) is 0 Å². The first-order valence-corrected chi connectivity index (χ1v) is 5.42. The molecule has 0 radical (unpaired) electrons. The molecule has 0 saturated carbocycles. The van der Waals surface area contributed by atoms with E-state index in [1.54, 1.807) is 6.92 Å². The van der Waals surface area contributed by atoms with Crippen LogP contribution in [-0.2, 0) is 4.74 Å². The van der Waals surface area contributed by atoms with Crippen LogP contribution < -0.4 is 4.74 Å². The van der Waals surface area contributed by atoms with Crippen molar-refractivity contribution in [3.8, 4) is 5.75 Å². The molecule has 1 saturated heterocycles. The predicted molar refractivity (Wildman–Crippen MR) is 60.1 cm³/mol. The van der Waals surface area contributed by atoms with Crippen LogP contribution in [0.5, 0.6) is 5.75 Å². The van der Waals surface area contributed by atoms with Crippen molar-refractivity contribution in [2.24, 2.45) is 0 Å². The van der Waals surface area contributed by atoms with E-state index in [4.69, 9.17) is 9.47 Å². The number of nitrogens with zero attached hydrogens (tertiary/aromatic N) is 1. The van der Waals surface area contributed by atoms with Gasteiger partial charge in [0.15, 0.2) is 0 Å². The van der Waals surface area contributed by atoms with Crippen LogP contribution in [0.4, 0.5) is 5.69 Å². The number of hydrogen-bond acceptors (Lipinski definition) is 6. The lowest BCUT2D eigenvalue weighted by molar-refractivity contribution is -0.384. The number of aliphatic hydroxyl groups excluding tert-OH is 2. The fourth-order valence-corrected chi connectivity index (χ4v) is 1.69. The van der Waals surface area contributed by atoms with Crippen LogP contribution in [0.2, 0.25) is 0 Å². The lowest BCUT2D eigenvalue weighted by Gasteiger charge is -2.16. The third-order valence-electron chi connectivity index (χ3n) is 2.76. The van der Waals surface area contributed by atoms with Gasteiger partial charge in [-0.15, -0.1) is 0 Å². The van der Waals surface area contributed by atoms with E-state index >= 15 is 0 Å². The zero-order valence-electron chi connectivity index (χ0n) is 9.59. The van der Waals surface area contributed by atoms with Crippen molar-refractivity contribution in [2.45, 2.75) is 31.5 Å². The summed E-state index contributed by atoms with van der Waals surface area (Å²) in [6.07, 6.45) is -3.65. The van der Waals surface area contributed by atoms with E-state index < -0.39 is 29.5 Å². The van der Waals surface area contributed by atoms with Crippen LogP contribution in [-0.4, -0.2) is 39.7 Å². The Balaban J connectivity index is 2.04. The van der Waals surface area contributed by atoms with Gasteiger partial charge in [0, 0.05) is 12.1 Å². The monoisotopic (exact) mass is 255 g/mol. The van der Waals surface area contributed by atoms with Gasteiger partial charge in [-0.05, 0) is 19.1 Å². The van der Waals surface area contributed by atoms with Crippen LogP contribution in [0.15, 0.2) is 24.3 Å². The topological polar surface area (TPSA) is 102 Å². The number of hydrogen-bond donors (Lipinski definition) is 2. The molecule has 1 aromatic rings. The van der Waals surface area contributed by atoms with Crippen molar-refractivity contribution in [1.29, 1.82) is 0 Å². The van der Waals surface area contributed by atoms with Crippen LogP contribution in [0.25, 0.3) is 0 Å². The second-order valence-electron chi connectivity index (χ2n) is 4.06. The molecule has 0 aliphatic carbocycles. The molecular weight excluding hydrogens is 242 g/mol. The molecule has 1 aliphatic heterocycles. The summed E-state index contributed by atoms with van der Waals surface area (Å²) in [6, 6.07) is 5.39. The highest BCUT2D eigenvalue weighted by Gasteiger charge is 2.41. The molecule has 1 heterocycles. The second-order valence-corrected chi connectivity index (χ2v) is 4.06. The third kappa shape index (κ3) is 2.42. The van der Waals surface area contributed by atoms with Crippen molar-refractivity contribution in [3.63, 3.8) is 0 Å². The molecule has 2 N–H and O–H groups in total. The smallest absolute Gasteiger partial charge is 0.269 e. The van der Waals surface area contributed by atoms with Crippen molar-refractivity contribution in [3.05, 3.63) is 34.4 Å². The van der Waals surface area contributed by atoms with Gasteiger partial charge in [0.25, 0.3) is 5.69 Å². The van der Waals surface area contributed by atoms with Gasteiger partial charge in [0.05, 0.1) is 11.0 Å². The van der Waals surface area contributed by atoms with Gasteiger partial charge in [-0.1, -0.05) is 0 Å². The maximum atomic E-state index is 10.5. The van der Waals surface area contributed by atoms with E-state index in [1.165, 1.54) is 24.3 Å². The Bertz CT molecular complexity index is 434. The van der Waals surface area contributed by atoms with E-state index in [0.29, 0.717) is 5.75 Å².